The minimum atomic E-state index is 0.767. The number of hydrogen-bond donors (Lipinski definition) is 2. The number of pyridine rings is 1. The number of allylic oxidation sites excluding steroid dienone is 2. The van der Waals surface area contributed by atoms with E-state index in [-0.39, 0.29) is 0 Å². The molecule has 1 aliphatic rings. The molecular formula is C25H26N6. The molecule has 1 aromatic carbocycles. The van der Waals surface area contributed by atoms with E-state index in [1.54, 1.807) is 0 Å². The van der Waals surface area contributed by atoms with Crippen LogP contribution in [0.1, 0.15) is 30.7 Å². The molecule has 2 N–H and O–H groups in total. The number of H-pyrrole nitrogens is 2. The first-order chi connectivity index (χ1) is 15.2. The van der Waals surface area contributed by atoms with Gasteiger partial charge in [0.15, 0.2) is 5.82 Å². The van der Waals surface area contributed by atoms with Crippen molar-refractivity contribution >= 4 is 16.6 Å². The van der Waals surface area contributed by atoms with E-state index in [1.165, 1.54) is 19.3 Å². The minimum Gasteiger partial charge on any atom is -0.370 e. The molecule has 1 fully saturated rings. The maximum absolute atomic E-state index is 4.99. The zero-order chi connectivity index (χ0) is 21.2. The monoisotopic (exact) mass is 410 g/mol. The van der Waals surface area contributed by atoms with Crippen LogP contribution < -0.4 is 0 Å². The van der Waals surface area contributed by atoms with Gasteiger partial charge in [0.25, 0.3) is 0 Å². The number of piperidine rings is 1. The van der Waals surface area contributed by atoms with Gasteiger partial charge >= 0.3 is 0 Å². The highest BCUT2D eigenvalue weighted by atomic mass is 15.2. The number of benzene rings is 1. The highest BCUT2D eigenvalue weighted by molar-refractivity contribution is 5.94. The molecule has 0 saturated carbocycles. The lowest BCUT2D eigenvalue weighted by molar-refractivity contribution is 0.325. The summed E-state index contributed by atoms with van der Waals surface area (Å²) in [5.74, 6) is 0.767. The molecule has 3 aromatic heterocycles. The average molecular weight is 411 g/mol. The zero-order valence-electron chi connectivity index (χ0n) is 17.7. The van der Waals surface area contributed by atoms with Crippen molar-refractivity contribution in [1.29, 1.82) is 0 Å². The molecule has 0 amide bonds. The number of fused-ring (bicyclic) bond motifs is 1. The van der Waals surface area contributed by atoms with Crippen LogP contribution in [-0.2, 0) is 0 Å². The molecule has 4 heterocycles. The molecule has 6 heteroatoms. The summed E-state index contributed by atoms with van der Waals surface area (Å²) in [6, 6.07) is 12.2. The fraction of sp³-hybridized carbons (Fsp3) is 0.240. The molecule has 156 valence electrons. The van der Waals surface area contributed by atoms with E-state index < -0.39 is 0 Å². The number of hydrogen-bond acceptors (Lipinski definition) is 4. The van der Waals surface area contributed by atoms with Crippen LogP contribution in [0.3, 0.4) is 0 Å². The van der Waals surface area contributed by atoms with Gasteiger partial charge in [-0.25, -0.2) is 4.98 Å². The van der Waals surface area contributed by atoms with Crippen LogP contribution in [0.15, 0.2) is 61.3 Å². The molecule has 5 rings (SSSR count). The van der Waals surface area contributed by atoms with Crippen LogP contribution in [0.2, 0.25) is 0 Å². The van der Waals surface area contributed by atoms with Crippen molar-refractivity contribution in [2.75, 3.05) is 13.1 Å². The van der Waals surface area contributed by atoms with E-state index in [2.05, 4.69) is 56.8 Å². The summed E-state index contributed by atoms with van der Waals surface area (Å²) >= 11 is 0. The fourth-order valence-corrected chi connectivity index (χ4v) is 4.29. The van der Waals surface area contributed by atoms with Crippen LogP contribution in [0.4, 0.5) is 0 Å². The van der Waals surface area contributed by atoms with Gasteiger partial charge in [-0.15, -0.1) is 0 Å². The maximum Gasteiger partial charge on any atom is 0.159 e. The first-order valence-electron chi connectivity index (χ1n) is 10.8. The lowest BCUT2D eigenvalue weighted by Crippen LogP contribution is -2.28. The Bertz CT molecular complexity index is 1240. The van der Waals surface area contributed by atoms with Gasteiger partial charge < -0.3 is 9.88 Å². The smallest absolute Gasteiger partial charge is 0.159 e. The van der Waals surface area contributed by atoms with Crippen molar-refractivity contribution in [2.45, 2.75) is 26.2 Å². The Kier molecular flexibility index (Phi) is 5.12. The molecule has 6 nitrogen and oxygen atoms in total. The van der Waals surface area contributed by atoms with Gasteiger partial charge in [0.05, 0.1) is 16.9 Å². The van der Waals surface area contributed by atoms with E-state index in [1.807, 2.05) is 36.5 Å². The van der Waals surface area contributed by atoms with E-state index in [4.69, 9.17) is 4.98 Å². The Morgan fingerprint density at radius 3 is 2.77 bits per heavy atom. The predicted molar refractivity (Wildman–Crippen MR) is 125 cm³/mol. The van der Waals surface area contributed by atoms with Gasteiger partial charge in [-0.2, -0.15) is 5.10 Å². The van der Waals surface area contributed by atoms with Crippen molar-refractivity contribution < 1.29 is 0 Å². The van der Waals surface area contributed by atoms with Gasteiger partial charge in [-0.3, -0.25) is 10.1 Å². The predicted octanol–water partition coefficient (Wildman–Crippen LogP) is 5.34. The second kappa shape index (κ2) is 8.22. The summed E-state index contributed by atoms with van der Waals surface area (Å²) in [6.07, 6.45) is 9.45. The molecule has 0 radical (unpaired) electrons. The Labute approximate surface area is 181 Å². The second-order valence-corrected chi connectivity index (χ2v) is 7.94. The molecule has 0 unspecified atom stereocenters. The number of imidazole rings is 1. The van der Waals surface area contributed by atoms with Gasteiger partial charge in [-0.1, -0.05) is 24.8 Å². The molecule has 1 saturated heterocycles. The fourth-order valence-electron chi connectivity index (χ4n) is 4.29. The SMILES string of the molecule is C=C/C=C(\c1nc(-c2n[nH]c3ccc(-c4ccccn4)cc23)[nH]c1C)N1CCCCC1. The summed E-state index contributed by atoms with van der Waals surface area (Å²) in [6.45, 7) is 8.10. The van der Waals surface area contributed by atoms with Gasteiger partial charge in [0.1, 0.15) is 11.4 Å². The lowest BCUT2D eigenvalue weighted by atomic mass is 10.1. The maximum atomic E-state index is 4.99. The molecule has 31 heavy (non-hydrogen) atoms. The van der Waals surface area contributed by atoms with E-state index in [0.29, 0.717) is 0 Å². The Hall–Kier alpha value is -3.67. The Morgan fingerprint density at radius 2 is 2.00 bits per heavy atom. The number of likely N-dealkylation sites (tertiary alicyclic amines) is 1. The van der Waals surface area contributed by atoms with Gasteiger partial charge in [-0.05, 0) is 56.5 Å². The van der Waals surface area contributed by atoms with Crippen LogP contribution in [0.25, 0.3) is 39.4 Å². The third-order valence-corrected chi connectivity index (χ3v) is 5.85. The topological polar surface area (TPSA) is 73.5 Å². The molecule has 4 aromatic rings. The van der Waals surface area contributed by atoms with Crippen LogP contribution in [0.5, 0.6) is 0 Å². The normalized spacial score (nSPS) is 14.9. The van der Waals surface area contributed by atoms with E-state index in [9.17, 15) is 0 Å². The summed E-state index contributed by atoms with van der Waals surface area (Å²) in [4.78, 5) is 15.3. The number of nitrogens with zero attached hydrogens (tertiary/aromatic N) is 4. The number of aromatic amines is 2. The number of aryl methyl sites for hydroxylation is 1. The Balaban J connectivity index is 1.56. The molecule has 0 bridgehead atoms. The van der Waals surface area contributed by atoms with Crippen LogP contribution in [-0.4, -0.2) is 43.1 Å². The highest BCUT2D eigenvalue weighted by Gasteiger charge is 2.21. The Morgan fingerprint density at radius 1 is 1.13 bits per heavy atom. The highest BCUT2D eigenvalue weighted by Crippen LogP contribution is 2.31. The average Bonchev–Trinajstić information content (AvgIpc) is 3.41. The van der Waals surface area contributed by atoms with Crippen LogP contribution >= 0.6 is 0 Å². The second-order valence-electron chi connectivity index (χ2n) is 7.94. The number of nitrogens with one attached hydrogen (secondary N) is 2. The van der Waals surface area contributed by atoms with Crippen molar-refractivity contribution in [2.24, 2.45) is 0 Å². The third-order valence-electron chi connectivity index (χ3n) is 5.85. The van der Waals surface area contributed by atoms with Crippen molar-refractivity contribution in [3.63, 3.8) is 0 Å². The first-order valence-corrected chi connectivity index (χ1v) is 10.8. The largest absolute Gasteiger partial charge is 0.370 e. The number of rotatable bonds is 5. The van der Waals surface area contributed by atoms with Gasteiger partial charge in [0.2, 0.25) is 0 Å². The lowest BCUT2D eigenvalue weighted by Gasteiger charge is -2.30. The minimum absolute atomic E-state index is 0.767. The van der Waals surface area contributed by atoms with Crippen LogP contribution in [0, 0.1) is 6.92 Å². The van der Waals surface area contributed by atoms with Crippen molar-refractivity contribution in [3.8, 4) is 22.8 Å². The molecule has 1 aliphatic heterocycles. The quantitative estimate of drug-likeness (QED) is 0.436. The molecular weight excluding hydrogens is 384 g/mol. The third kappa shape index (κ3) is 3.65. The summed E-state index contributed by atoms with van der Waals surface area (Å²) in [5.41, 5.74) is 6.92. The molecule has 0 aliphatic carbocycles. The van der Waals surface area contributed by atoms with Crippen molar-refractivity contribution in [3.05, 3.63) is 72.7 Å². The van der Waals surface area contributed by atoms with Crippen molar-refractivity contribution in [1.82, 2.24) is 30.0 Å². The number of aromatic nitrogens is 5. The molecule has 0 atom stereocenters. The standard InChI is InChI=1S/C25H26N6/c1-3-9-22(31-14-7-4-8-15-31)23-17(2)27-25(28-23)24-19-16-18(11-12-21(19)29-30-24)20-10-5-6-13-26-20/h3,5-6,9-13,16H,1,4,7-8,14-15H2,2H3,(H,27,28)(H,29,30)/b22-9+. The molecule has 0 spiro atoms. The zero-order valence-corrected chi connectivity index (χ0v) is 17.7. The summed E-state index contributed by atoms with van der Waals surface area (Å²) in [5, 5.41) is 8.74. The van der Waals surface area contributed by atoms with E-state index >= 15 is 0 Å². The summed E-state index contributed by atoms with van der Waals surface area (Å²) in [7, 11) is 0. The first kappa shape index (κ1) is 19.3. The summed E-state index contributed by atoms with van der Waals surface area (Å²) < 4.78 is 0. The van der Waals surface area contributed by atoms with E-state index in [0.717, 1.165) is 63.9 Å². The van der Waals surface area contributed by atoms with Gasteiger partial charge in [0, 0.05) is 35.9 Å².